The number of hydrogen-bond acceptors (Lipinski definition) is 2. The molecule has 104 valence electrons. The Morgan fingerprint density at radius 3 is 3.11 bits per heavy atom. The van der Waals surface area contributed by atoms with E-state index in [0.717, 1.165) is 12.0 Å². The van der Waals surface area contributed by atoms with Crippen molar-refractivity contribution < 1.29 is 0 Å². The Kier molecular flexibility index (Phi) is 4.17. The molecule has 3 rings (SSSR count). The number of aromatic nitrogens is 1. The van der Waals surface area contributed by atoms with Crippen molar-refractivity contribution in [3.05, 3.63) is 29.6 Å². The molecular formula is C17H26N2. The molecule has 2 nitrogen and oxygen atoms in total. The van der Waals surface area contributed by atoms with Gasteiger partial charge in [-0.2, -0.15) is 0 Å². The zero-order valence-corrected chi connectivity index (χ0v) is 12.1. The van der Waals surface area contributed by atoms with Gasteiger partial charge in [0.1, 0.15) is 0 Å². The lowest BCUT2D eigenvalue weighted by molar-refractivity contribution is 0.253. The molecule has 1 N–H and O–H groups in total. The minimum Gasteiger partial charge on any atom is -0.306 e. The van der Waals surface area contributed by atoms with Gasteiger partial charge in [0.2, 0.25) is 0 Å². The second-order valence-electron chi connectivity index (χ2n) is 6.30. The topological polar surface area (TPSA) is 24.9 Å². The van der Waals surface area contributed by atoms with E-state index in [1.165, 1.54) is 62.6 Å². The van der Waals surface area contributed by atoms with Crippen LogP contribution in [0.4, 0.5) is 0 Å². The Morgan fingerprint density at radius 1 is 1.26 bits per heavy atom. The molecule has 1 fully saturated rings. The predicted octanol–water partition coefficient (Wildman–Crippen LogP) is 4.02. The lowest BCUT2D eigenvalue weighted by atomic mass is 9.83. The van der Waals surface area contributed by atoms with Gasteiger partial charge in [-0.05, 0) is 49.7 Å². The summed E-state index contributed by atoms with van der Waals surface area (Å²) in [5.74, 6) is 0.943. The number of hydrogen-bond donors (Lipinski definition) is 1. The van der Waals surface area contributed by atoms with E-state index in [1.807, 2.05) is 6.20 Å². The van der Waals surface area contributed by atoms with E-state index in [1.54, 1.807) is 0 Å². The summed E-state index contributed by atoms with van der Waals surface area (Å²) in [5.41, 5.74) is 2.79. The van der Waals surface area contributed by atoms with Gasteiger partial charge in [0.15, 0.2) is 0 Å². The highest BCUT2D eigenvalue weighted by molar-refractivity contribution is 5.25. The molecule has 1 aromatic heterocycles. The number of aryl methyl sites for hydroxylation is 1. The minimum absolute atomic E-state index is 0.505. The number of nitrogens with zero attached hydrogens (tertiary/aromatic N) is 1. The van der Waals surface area contributed by atoms with Gasteiger partial charge >= 0.3 is 0 Å². The maximum atomic E-state index is 4.64. The Balaban J connectivity index is 1.67. The highest BCUT2D eigenvalue weighted by atomic mass is 15.0. The van der Waals surface area contributed by atoms with Crippen LogP contribution >= 0.6 is 0 Å². The summed E-state index contributed by atoms with van der Waals surface area (Å²) >= 11 is 0. The van der Waals surface area contributed by atoms with Crippen molar-refractivity contribution in [3.63, 3.8) is 0 Å². The van der Waals surface area contributed by atoms with Crippen molar-refractivity contribution in [2.75, 3.05) is 0 Å². The van der Waals surface area contributed by atoms with Gasteiger partial charge in [-0.25, -0.2) is 0 Å². The lowest BCUT2D eigenvalue weighted by Crippen LogP contribution is -2.38. The predicted molar refractivity (Wildman–Crippen MR) is 79.1 cm³/mol. The minimum atomic E-state index is 0.505. The molecular weight excluding hydrogens is 232 g/mol. The molecule has 1 aromatic rings. The van der Waals surface area contributed by atoms with Crippen LogP contribution in [0, 0.1) is 5.92 Å². The fourth-order valence-electron chi connectivity index (χ4n) is 3.87. The van der Waals surface area contributed by atoms with Gasteiger partial charge < -0.3 is 5.32 Å². The highest BCUT2D eigenvalue weighted by Crippen LogP contribution is 2.32. The Hall–Kier alpha value is -0.890. The second-order valence-corrected chi connectivity index (χ2v) is 6.30. The molecule has 0 aromatic carbocycles. The molecule has 1 saturated carbocycles. The maximum absolute atomic E-state index is 4.64. The summed E-state index contributed by atoms with van der Waals surface area (Å²) in [6, 6.07) is 5.56. The molecule has 19 heavy (non-hydrogen) atoms. The molecule has 2 heteroatoms. The summed E-state index contributed by atoms with van der Waals surface area (Å²) in [4.78, 5) is 4.64. The van der Waals surface area contributed by atoms with Crippen molar-refractivity contribution in [1.29, 1.82) is 0 Å². The number of pyridine rings is 1. The average Bonchev–Trinajstić information content (AvgIpc) is 2.48. The van der Waals surface area contributed by atoms with Crippen molar-refractivity contribution in [3.8, 4) is 0 Å². The SMILES string of the molecule is CCC1CCCC(NC2CCCc3cccnc32)C1. The van der Waals surface area contributed by atoms with Crippen LogP contribution in [0.2, 0.25) is 0 Å². The van der Waals surface area contributed by atoms with Gasteiger partial charge in [0.05, 0.1) is 5.69 Å². The largest absolute Gasteiger partial charge is 0.306 e. The van der Waals surface area contributed by atoms with Crippen molar-refractivity contribution in [1.82, 2.24) is 10.3 Å². The van der Waals surface area contributed by atoms with E-state index in [9.17, 15) is 0 Å². The monoisotopic (exact) mass is 258 g/mol. The molecule has 2 aliphatic carbocycles. The van der Waals surface area contributed by atoms with Gasteiger partial charge in [0.25, 0.3) is 0 Å². The summed E-state index contributed by atoms with van der Waals surface area (Å²) < 4.78 is 0. The molecule has 3 atom stereocenters. The van der Waals surface area contributed by atoms with Crippen LogP contribution in [0.3, 0.4) is 0 Å². The Morgan fingerprint density at radius 2 is 2.21 bits per heavy atom. The standard InChI is InChI=1S/C17H26N2/c1-2-13-6-3-9-15(12-13)19-16-10-4-7-14-8-5-11-18-17(14)16/h5,8,11,13,15-16,19H,2-4,6-7,9-10,12H2,1H3. The van der Waals surface area contributed by atoms with Crippen LogP contribution in [-0.2, 0) is 6.42 Å². The van der Waals surface area contributed by atoms with E-state index in [0.29, 0.717) is 6.04 Å². The third-order valence-electron chi connectivity index (χ3n) is 4.99. The summed E-state index contributed by atoms with van der Waals surface area (Å²) in [6.45, 7) is 2.34. The molecule has 0 amide bonds. The van der Waals surface area contributed by atoms with E-state index in [4.69, 9.17) is 0 Å². The number of fused-ring (bicyclic) bond motifs is 1. The fourth-order valence-corrected chi connectivity index (χ4v) is 3.87. The van der Waals surface area contributed by atoms with Crippen molar-refractivity contribution in [2.24, 2.45) is 5.92 Å². The van der Waals surface area contributed by atoms with Gasteiger partial charge in [-0.3, -0.25) is 4.98 Å². The first-order valence-corrected chi connectivity index (χ1v) is 8.06. The zero-order valence-electron chi connectivity index (χ0n) is 12.1. The molecule has 0 radical (unpaired) electrons. The molecule has 0 aliphatic heterocycles. The molecule has 0 saturated heterocycles. The van der Waals surface area contributed by atoms with Crippen LogP contribution in [0.5, 0.6) is 0 Å². The van der Waals surface area contributed by atoms with Crippen LogP contribution in [0.1, 0.15) is 69.2 Å². The van der Waals surface area contributed by atoms with Crippen molar-refractivity contribution >= 4 is 0 Å². The molecule has 3 unspecified atom stereocenters. The molecule has 0 bridgehead atoms. The normalized spacial score (nSPS) is 30.9. The Labute approximate surface area is 117 Å². The highest BCUT2D eigenvalue weighted by Gasteiger charge is 2.26. The van der Waals surface area contributed by atoms with Crippen LogP contribution in [-0.4, -0.2) is 11.0 Å². The molecule has 1 heterocycles. The lowest BCUT2D eigenvalue weighted by Gasteiger charge is -2.34. The quantitative estimate of drug-likeness (QED) is 0.886. The second kappa shape index (κ2) is 6.04. The summed E-state index contributed by atoms with van der Waals surface area (Å²) in [5, 5.41) is 3.92. The summed E-state index contributed by atoms with van der Waals surface area (Å²) in [7, 11) is 0. The van der Waals surface area contributed by atoms with Crippen LogP contribution in [0.25, 0.3) is 0 Å². The molecule has 0 spiro atoms. The smallest absolute Gasteiger partial charge is 0.0605 e. The first-order chi connectivity index (χ1) is 9.36. The molecule has 2 aliphatic rings. The van der Waals surface area contributed by atoms with Gasteiger partial charge in [-0.1, -0.05) is 32.3 Å². The Bertz CT molecular complexity index is 415. The first kappa shape index (κ1) is 13.1. The van der Waals surface area contributed by atoms with Crippen LogP contribution in [0.15, 0.2) is 18.3 Å². The summed E-state index contributed by atoms with van der Waals surface area (Å²) in [6.07, 6.45) is 12.6. The van der Waals surface area contributed by atoms with Gasteiger partial charge in [-0.15, -0.1) is 0 Å². The number of rotatable bonds is 3. The van der Waals surface area contributed by atoms with E-state index < -0.39 is 0 Å². The van der Waals surface area contributed by atoms with E-state index in [2.05, 4.69) is 29.4 Å². The van der Waals surface area contributed by atoms with Crippen molar-refractivity contribution in [2.45, 2.75) is 70.4 Å². The number of nitrogens with one attached hydrogen (secondary N) is 1. The zero-order chi connectivity index (χ0) is 13.1. The third kappa shape index (κ3) is 3.00. The van der Waals surface area contributed by atoms with E-state index >= 15 is 0 Å². The first-order valence-electron chi connectivity index (χ1n) is 8.06. The maximum Gasteiger partial charge on any atom is 0.0605 e. The van der Waals surface area contributed by atoms with E-state index in [-0.39, 0.29) is 0 Å². The van der Waals surface area contributed by atoms with Crippen LogP contribution < -0.4 is 5.32 Å². The third-order valence-corrected chi connectivity index (χ3v) is 4.99. The fraction of sp³-hybridized carbons (Fsp3) is 0.706. The van der Waals surface area contributed by atoms with Gasteiger partial charge in [0, 0.05) is 18.3 Å². The average molecular weight is 258 g/mol.